The molecule has 0 radical (unpaired) electrons. The predicted molar refractivity (Wildman–Crippen MR) is 53.3 cm³/mol. The molecule has 1 rings (SSSR count). The summed E-state index contributed by atoms with van der Waals surface area (Å²) < 4.78 is 0. The van der Waals surface area contributed by atoms with Crippen LogP contribution in [0.25, 0.3) is 0 Å². The van der Waals surface area contributed by atoms with E-state index in [0.717, 1.165) is 18.1 Å². The van der Waals surface area contributed by atoms with E-state index in [1.54, 1.807) is 6.20 Å². The minimum atomic E-state index is 0.546. The van der Waals surface area contributed by atoms with Crippen LogP contribution in [0, 0.1) is 0 Å². The number of imidazole rings is 1. The van der Waals surface area contributed by atoms with Crippen LogP contribution in [0.1, 0.15) is 12.7 Å². The molecule has 1 atom stereocenters. The lowest BCUT2D eigenvalue weighted by atomic mass is 10.4. The third-order valence-electron chi connectivity index (χ3n) is 1.59. The molecule has 1 aromatic rings. The monoisotopic (exact) mass is 185 g/mol. The second-order valence-corrected chi connectivity index (χ2v) is 3.68. The summed E-state index contributed by atoms with van der Waals surface area (Å²) in [6, 6.07) is 0.546. The van der Waals surface area contributed by atoms with Crippen molar-refractivity contribution in [3.63, 3.8) is 0 Å². The van der Waals surface area contributed by atoms with Gasteiger partial charge in [-0.3, -0.25) is 0 Å². The molecule has 0 aromatic carbocycles. The van der Waals surface area contributed by atoms with Gasteiger partial charge in [-0.25, -0.2) is 4.98 Å². The summed E-state index contributed by atoms with van der Waals surface area (Å²) in [5.41, 5.74) is 0. The smallest absolute Gasteiger partial charge is 0.120 e. The highest BCUT2D eigenvalue weighted by molar-refractivity contribution is 7.98. The molecule has 0 amide bonds. The first-order valence-corrected chi connectivity index (χ1v) is 5.43. The first kappa shape index (κ1) is 9.61. The van der Waals surface area contributed by atoms with Crippen LogP contribution in [0.5, 0.6) is 0 Å². The molecular weight excluding hydrogens is 170 g/mol. The molecule has 1 heterocycles. The van der Waals surface area contributed by atoms with Crippen molar-refractivity contribution < 1.29 is 0 Å². The maximum absolute atomic E-state index is 4.12. The third-order valence-corrected chi connectivity index (χ3v) is 2.42. The first-order chi connectivity index (χ1) is 5.83. The van der Waals surface area contributed by atoms with Crippen LogP contribution >= 0.6 is 11.8 Å². The Morgan fingerprint density at radius 3 is 3.17 bits per heavy atom. The van der Waals surface area contributed by atoms with Crippen LogP contribution in [0.4, 0.5) is 0 Å². The van der Waals surface area contributed by atoms with Crippen LogP contribution in [0.2, 0.25) is 0 Å². The largest absolute Gasteiger partial charge is 0.348 e. The molecule has 3 nitrogen and oxygen atoms in total. The minimum absolute atomic E-state index is 0.546. The van der Waals surface area contributed by atoms with E-state index in [9.17, 15) is 0 Å². The molecule has 68 valence electrons. The Bertz CT molecular complexity index is 198. The summed E-state index contributed by atoms with van der Waals surface area (Å²) in [4.78, 5) is 7.18. The van der Waals surface area contributed by atoms with Crippen LogP contribution in [-0.4, -0.2) is 28.0 Å². The van der Waals surface area contributed by atoms with Gasteiger partial charge in [-0.1, -0.05) is 0 Å². The van der Waals surface area contributed by atoms with Crippen LogP contribution in [-0.2, 0) is 6.54 Å². The summed E-state index contributed by atoms with van der Waals surface area (Å²) in [6.07, 6.45) is 5.73. The molecule has 0 bridgehead atoms. The van der Waals surface area contributed by atoms with Crippen LogP contribution in [0.15, 0.2) is 12.4 Å². The van der Waals surface area contributed by atoms with Crippen LogP contribution in [0.3, 0.4) is 0 Å². The lowest BCUT2D eigenvalue weighted by Crippen LogP contribution is -2.27. The molecule has 0 aliphatic carbocycles. The van der Waals surface area contributed by atoms with E-state index in [0.29, 0.717) is 6.04 Å². The van der Waals surface area contributed by atoms with Gasteiger partial charge in [-0.15, -0.1) is 0 Å². The standard InChI is InChI=1S/C8H15N3S/c1-7(6-12-2)11-5-8-9-3-4-10-8/h3-4,7,11H,5-6H2,1-2H3,(H,9,10). The van der Waals surface area contributed by atoms with E-state index < -0.39 is 0 Å². The van der Waals surface area contributed by atoms with E-state index in [-0.39, 0.29) is 0 Å². The number of hydrogen-bond donors (Lipinski definition) is 2. The highest BCUT2D eigenvalue weighted by atomic mass is 32.2. The Labute approximate surface area is 77.4 Å². The minimum Gasteiger partial charge on any atom is -0.348 e. The average molecular weight is 185 g/mol. The van der Waals surface area contributed by atoms with Gasteiger partial charge in [-0.05, 0) is 13.2 Å². The fraction of sp³-hybridized carbons (Fsp3) is 0.625. The van der Waals surface area contributed by atoms with Crippen LogP contribution < -0.4 is 5.32 Å². The van der Waals surface area contributed by atoms with Gasteiger partial charge in [0.25, 0.3) is 0 Å². The number of nitrogens with one attached hydrogen (secondary N) is 2. The molecular formula is C8H15N3S. The Kier molecular flexibility index (Phi) is 4.18. The molecule has 4 heteroatoms. The highest BCUT2D eigenvalue weighted by Gasteiger charge is 2.00. The lowest BCUT2D eigenvalue weighted by molar-refractivity contribution is 0.582. The molecule has 1 aromatic heterocycles. The normalized spacial score (nSPS) is 13.2. The van der Waals surface area contributed by atoms with E-state index in [2.05, 4.69) is 28.5 Å². The summed E-state index contributed by atoms with van der Waals surface area (Å²) >= 11 is 1.85. The maximum Gasteiger partial charge on any atom is 0.120 e. The average Bonchev–Trinajstić information content (AvgIpc) is 2.53. The number of aromatic amines is 1. The molecule has 0 fully saturated rings. The van der Waals surface area contributed by atoms with E-state index in [1.807, 2.05) is 18.0 Å². The molecule has 2 N–H and O–H groups in total. The highest BCUT2D eigenvalue weighted by Crippen LogP contribution is 1.97. The quantitative estimate of drug-likeness (QED) is 0.725. The summed E-state index contributed by atoms with van der Waals surface area (Å²) in [5.74, 6) is 2.14. The van der Waals surface area contributed by atoms with E-state index in [4.69, 9.17) is 0 Å². The summed E-state index contributed by atoms with van der Waals surface area (Å²) in [6.45, 7) is 3.01. The number of hydrogen-bond acceptors (Lipinski definition) is 3. The number of rotatable bonds is 5. The topological polar surface area (TPSA) is 40.7 Å². The van der Waals surface area contributed by atoms with Gasteiger partial charge in [0, 0.05) is 24.2 Å². The van der Waals surface area contributed by atoms with Crippen molar-refractivity contribution >= 4 is 11.8 Å². The maximum atomic E-state index is 4.12. The number of nitrogens with zero attached hydrogens (tertiary/aromatic N) is 1. The van der Waals surface area contributed by atoms with Gasteiger partial charge >= 0.3 is 0 Å². The molecule has 0 aliphatic heterocycles. The SMILES string of the molecule is CSCC(C)NCc1ncc[nH]1. The zero-order valence-corrected chi connectivity index (χ0v) is 8.32. The molecule has 1 unspecified atom stereocenters. The van der Waals surface area contributed by atoms with Gasteiger partial charge in [0.1, 0.15) is 5.82 Å². The van der Waals surface area contributed by atoms with E-state index >= 15 is 0 Å². The lowest BCUT2D eigenvalue weighted by Gasteiger charge is -2.10. The molecule has 0 saturated heterocycles. The van der Waals surface area contributed by atoms with Crippen molar-refractivity contribution in [2.24, 2.45) is 0 Å². The second-order valence-electron chi connectivity index (χ2n) is 2.77. The fourth-order valence-corrected chi connectivity index (χ4v) is 1.59. The Hall–Kier alpha value is -0.480. The van der Waals surface area contributed by atoms with Gasteiger partial charge in [0.2, 0.25) is 0 Å². The van der Waals surface area contributed by atoms with E-state index in [1.165, 1.54) is 0 Å². The van der Waals surface area contributed by atoms with Gasteiger partial charge in [0.05, 0.1) is 6.54 Å². The van der Waals surface area contributed by atoms with Crippen molar-refractivity contribution in [3.05, 3.63) is 18.2 Å². The Balaban J connectivity index is 2.17. The number of H-pyrrole nitrogens is 1. The van der Waals surface area contributed by atoms with Crippen molar-refractivity contribution in [2.75, 3.05) is 12.0 Å². The zero-order valence-electron chi connectivity index (χ0n) is 7.50. The zero-order chi connectivity index (χ0) is 8.81. The number of thioether (sulfide) groups is 1. The fourth-order valence-electron chi connectivity index (χ4n) is 0.974. The number of aromatic nitrogens is 2. The molecule has 0 aliphatic rings. The summed E-state index contributed by atoms with van der Waals surface area (Å²) in [5, 5.41) is 3.37. The second kappa shape index (κ2) is 5.22. The van der Waals surface area contributed by atoms with Gasteiger partial charge < -0.3 is 10.3 Å². The Morgan fingerprint density at radius 1 is 1.75 bits per heavy atom. The van der Waals surface area contributed by atoms with Crippen molar-refractivity contribution in [1.82, 2.24) is 15.3 Å². The van der Waals surface area contributed by atoms with Gasteiger partial charge in [-0.2, -0.15) is 11.8 Å². The third kappa shape index (κ3) is 3.28. The molecule has 0 spiro atoms. The van der Waals surface area contributed by atoms with Crippen molar-refractivity contribution in [3.8, 4) is 0 Å². The first-order valence-electron chi connectivity index (χ1n) is 4.03. The summed E-state index contributed by atoms with van der Waals surface area (Å²) in [7, 11) is 0. The van der Waals surface area contributed by atoms with Crippen molar-refractivity contribution in [1.29, 1.82) is 0 Å². The Morgan fingerprint density at radius 2 is 2.58 bits per heavy atom. The molecule has 0 saturated carbocycles. The van der Waals surface area contributed by atoms with Crippen molar-refractivity contribution in [2.45, 2.75) is 19.5 Å². The molecule has 12 heavy (non-hydrogen) atoms. The van der Waals surface area contributed by atoms with Gasteiger partial charge in [0.15, 0.2) is 0 Å². The predicted octanol–water partition coefficient (Wildman–Crippen LogP) is 1.25.